The van der Waals surface area contributed by atoms with E-state index in [2.05, 4.69) is 24.3 Å². The Labute approximate surface area is 112 Å². The van der Waals surface area contributed by atoms with Crippen molar-refractivity contribution in [3.05, 3.63) is 17.5 Å². The SMILES string of the molecule is CCC(CC)n1ncc(C(=O)NCCC(=O)O)c1C. The molecule has 0 spiro atoms. The Bertz CT molecular complexity index is 450. The van der Waals surface area contributed by atoms with Gasteiger partial charge in [0.25, 0.3) is 5.91 Å². The van der Waals surface area contributed by atoms with Crippen molar-refractivity contribution in [1.82, 2.24) is 15.1 Å². The Balaban J connectivity index is 2.74. The summed E-state index contributed by atoms with van der Waals surface area (Å²) in [5, 5.41) is 15.4. The van der Waals surface area contributed by atoms with Gasteiger partial charge >= 0.3 is 5.97 Å². The van der Waals surface area contributed by atoms with Gasteiger partial charge < -0.3 is 10.4 Å². The molecule has 1 heterocycles. The Morgan fingerprint density at radius 3 is 2.58 bits per heavy atom. The number of aromatic nitrogens is 2. The van der Waals surface area contributed by atoms with Gasteiger partial charge in [-0.25, -0.2) is 0 Å². The second kappa shape index (κ2) is 6.92. The third kappa shape index (κ3) is 3.81. The lowest BCUT2D eigenvalue weighted by Crippen LogP contribution is -2.26. The maximum Gasteiger partial charge on any atom is 0.305 e. The molecule has 0 atom stereocenters. The quantitative estimate of drug-likeness (QED) is 0.788. The molecule has 1 amide bonds. The van der Waals surface area contributed by atoms with Gasteiger partial charge in [0.05, 0.1) is 24.2 Å². The van der Waals surface area contributed by atoms with Crippen molar-refractivity contribution in [2.45, 2.75) is 46.1 Å². The Morgan fingerprint density at radius 2 is 2.05 bits per heavy atom. The van der Waals surface area contributed by atoms with Gasteiger partial charge in [-0.05, 0) is 19.8 Å². The minimum absolute atomic E-state index is 0.0779. The summed E-state index contributed by atoms with van der Waals surface area (Å²) in [7, 11) is 0. The molecule has 0 fully saturated rings. The molecule has 1 aromatic rings. The van der Waals surface area contributed by atoms with Crippen LogP contribution in [0.1, 0.15) is 55.2 Å². The molecule has 2 N–H and O–H groups in total. The van der Waals surface area contributed by atoms with Crippen LogP contribution >= 0.6 is 0 Å². The molecule has 1 aromatic heterocycles. The average molecular weight is 267 g/mol. The summed E-state index contributed by atoms with van der Waals surface area (Å²) in [4.78, 5) is 22.3. The summed E-state index contributed by atoms with van der Waals surface area (Å²) in [5.74, 6) is -1.19. The molecular formula is C13H21N3O3. The van der Waals surface area contributed by atoms with Crippen molar-refractivity contribution in [2.75, 3.05) is 6.54 Å². The normalized spacial score (nSPS) is 10.7. The summed E-state index contributed by atoms with van der Waals surface area (Å²) < 4.78 is 1.87. The minimum atomic E-state index is -0.926. The zero-order valence-electron chi connectivity index (χ0n) is 11.6. The number of carbonyl (C=O) groups is 2. The molecule has 6 heteroatoms. The number of carboxylic acid groups (broad SMARTS) is 1. The fourth-order valence-corrected chi connectivity index (χ4v) is 2.03. The van der Waals surface area contributed by atoms with E-state index in [1.54, 1.807) is 6.20 Å². The van der Waals surface area contributed by atoms with E-state index in [0.29, 0.717) is 11.6 Å². The number of aliphatic carboxylic acids is 1. The van der Waals surface area contributed by atoms with Crippen LogP contribution < -0.4 is 5.32 Å². The first-order valence-corrected chi connectivity index (χ1v) is 6.55. The predicted molar refractivity (Wildman–Crippen MR) is 71.2 cm³/mol. The van der Waals surface area contributed by atoms with E-state index in [1.165, 1.54) is 0 Å². The maximum absolute atomic E-state index is 11.9. The first-order valence-electron chi connectivity index (χ1n) is 6.55. The summed E-state index contributed by atoms with van der Waals surface area (Å²) in [5.41, 5.74) is 1.33. The molecule has 0 unspecified atom stereocenters. The van der Waals surface area contributed by atoms with Crippen molar-refractivity contribution >= 4 is 11.9 Å². The van der Waals surface area contributed by atoms with Crippen molar-refractivity contribution in [1.29, 1.82) is 0 Å². The van der Waals surface area contributed by atoms with Crippen LogP contribution in [0.3, 0.4) is 0 Å². The highest BCUT2D eigenvalue weighted by atomic mass is 16.4. The lowest BCUT2D eigenvalue weighted by atomic mass is 10.1. The first kappa shape index (κ1) is 15.2. The Hall–Kier alpha value is -1.85. The van der Waals surface area contributed by atoms with E-state index < -0.39 is 5.97 Å². The predicted octanol–water partition coefficient (Wildman–Crippen LogP) is 1.76. The van der Waals surface area contributed by atoms with E-state index in [4.69, 9.17) is 5.11 Å². The molecule has 0 aliphatic carbocycles. The van der Waals surface area contributed by atoms with Crippen LogP contribution in [0.4, 0.5) is 0 Å². The van der Waals surface area contributed by atoms with Crippen molar-refractivity contribution < 1.29 is 14.7 Å². The van der Waals surface area contributed by atoms with Crippen LogP contribution in [0.15, 0.2) is 6.20 Å². The van der Waals surface area contributed by atoms with Gasteiger partial charge in [-0.15, -0.1) is 0 Å². The molecule has 0 aromatic carbocycles. The van der Waals surface area contributed by atoms with E-state index in [-0.39, 0.29) is 18.9 Å². The van der Waals surface area contributed by atoms with Crippen LogP contribution in [-0.2, 0) is 4.79 Å². The van der Waals surface area contributed by atoms with Gasteiger partial charge in [0.15, 0.2) is 0 Å². The smallest absolute Gasteiger partial charge is 0.305 e. The van der Waals surface area contributed by atoms with E-state index in [1.807, 2.05) is 11.6 Å². The minimum Gasteiger partial charge on any atom is -0.481 e. The van der Waals surface area contributed by atoms with Crippen LogP contribution in [0.25, 0.3) is 0 Å². The number of nitrogens with zero attached hydrogens (tertiary/aromatic N) is 2. The second-order valence-corrected chi connectivity index (χ2v) is 4.46. The van der Waals surface area contributed by atoms with Crippen LogP contribution in [-0.4, -0.2) is 33.3 Å². The molecule has 0 radical (unpaired) electrons. The van der Waals surface area contributed by atoms with Gasteiger partial charge in [0, 0.05) is 12.2 Å². The molecule has 0 saturated heterocycles. The fraction of sp³-hybridized carbons (Fsp3) is 0.615. The standard InChI is InChI=1S/C13H21N3O3/c1-4-10(5-2)16-9(3)11(8-15-16)13(19)14-7-6-12(17)18/h8,10H,4-7H2,1-3H3,(H,14,19)(H,17,18). The lowest BCUT2D eigenvalue weighted by Gasteiger charge is -2.15. The number of carboxylic acids is 1. The zero-order chi connectivity index (χ0) is 14.4. The van der Waals surface area contributed by atoms with E-state index in [9.17, 15) is 9.59 Å². The molecule has 0 bridgehead atoms. The third-order valence-corrected chi connectivity index (χ3v) is 3.20. The maximum atomic E-state index is 11.9. The fourth-order valence-electron chi connectivity index (χ4n) is 2.03. The topological polar surface area (TPSA) is 84.2 Å². The summed E-state index contributed by atoms with van der Waals surface area (Å²) in [6, 6.07) is 0.292. The number of nitrogens with one attached hydrogen (secondary N) is 1. The molecule has 19 heavy (non-hydrogen) atoms. The molecule has 1 rings (SSSR count). The van der Waals surface area contributed by atoms with Crippen molar-refractivity contribution in [2.24, 2.45) is 0 Å². The summed E-state index contributed by atoms with van der Waals surface area (Å²) in [6.45, 7) is 6.16. The summed E-state index contributed by atoms with van der Waals surface area (Å²) >= 11 is 0. The van der Waals surface area contributed by atoms with Gasteiger partial charge in [-0.1, -0.05) is 13.8 Å². The number of hydrogen-bond donors (Lipinski definition) is 2. The van der Waals surface area contributed by atoms with Gasteiger partial charge in [0.1, 0.15) is 0 Å². The van der Waals surface area contributed by atoms with Crippen LogP contribution in [0, 0.1) is 6.92 Å². The van der Waals surface area contributed by atoms with Gasteiger partial charge in [0.2, 0.25) is 0 Å². The van der Waals surface area contributed by atoms with E-state index >= 15 is 0 Å². The number of amides is 1. The molecule has 6 nitrogen and oxygen atoms in total. The van der Waals surface area contributed by atoms with Gasteiger partial charge in [-0.3, -0.25) is 14.3 Å². The lowest BCUT2D eigenvalue weighted by molar-refractivity contribution is -0.136. The van der Waals surface area contributed by atoms with E-state index in [0.717, 1.165) is 18.5 Å². The monoisotopic (exact) mass is 267 g/mol. The second-order valence-electron chi connectivity index (χ2n) is 4.46. The highest BCUT2D eigenvalue weighted by molar-refractivity contribution is 5.95. The van der Waals surface area contributed by atoms with Crippen LogP contribution in [0.2, 0.25) is 0 Å². The molecule has 106 valence electrons. The number of carbonyl (C=O) groups excluding carboxylic acids is 1. The van der Waals surface area contributed by atoms with Crippen molar-refractivity contribution in [3.8, 4) is 0 Å². The molecule has 0 saturated carbocycles. The Morgan fingerprint density at radius 1 is 1.42 bits per heavy atom. The highest BCUT2D eigenvalue weighted by Gasteiger charge is 2.17. The van der Waals surface area contributed by atoms with Crippen molar-refractivity contribution in [3.63, 3.8) is 0 Å². The highest BCUT2D eigenvalue weighted by Crippen LogP contribution is 2.19. The summed E-state index contributed by atoms with van der Waals surface area (Å²) in [6.07, 6.45) is 3.38. The third-order valence-electron chi connectivity index (χ3n) is 3.20. The molecular weight excluding hydrogens is 246 g/mol. The zero-order valence-corrected chi connectivity index (χ0v) is 11.6. The Kier molecular flexibility index (Phi) is 5.54. The number of rotatable bonds is 7. The molecule has 0 aliphatic rings. The number of hydrogen-bond acceptors (Lipinski definition) is 3. The van der Waals surface area contributed by atoms with Crippen LogP contribution in [0.5, 0.6) is 0 Å². The molecule has 0 aliphatic heterocycles. The largest absolute Gasteiger partial charge is 0.481 e. The first-order chi connectivity index (χ1) is 9.01. The van der Waals surface area contributed by atoms with Gasteiger partial charge in [-0.2, -0.15) is 5.10 Å². The average Bonchev–Trinajstić information content (AvgIpc) is 2.73.